The highest BCUT2D eigenvalue weighted by atomic mass is 15.5. The second-order valence-electron chi connectivity index (χ2n) is 14.6. The summed E-state index contributed by atoms with van der Waals surface area (Å²) < 4.78 is 0. The van der Waals surface area contributed by atoms with Crippen molar-refractivity contribution in [3.05, 3.63) is 130 Å². The zero-order chi connectivity index (χ0) is 33.4. The molecule has 238 valence electrons. The van der Waals surface area contributed by atoms with Crippen molar-refractivity contribution in [2.75, 3.05) is 9.80 Å². The van der Waals surface area contributed by atoms with Crippen LogP contribution in [0, 0.1) is 47.0 Å². The maximum Gasteiger partial charge on any atom is 0.179 e. The van der Waals surface area contributed by atoms with E-state index in [2.05, 4.69) is 164 Å². The van der Waals surface area contributed by atoms with E-state index in [1.807, 2.05) is 0 Å². The number of hydrogen-bond acceptors (Lipinski definition) is 4. The van der Waals surface area contributed by atoms with Gasteiger partial charge in [0.25, 0.3) is 0 Å². The fourth-order valence-corrected chi connectivity index (χ4v) is 8.73. The van der Waals surface area contributed by atoms with E-state index in [4.69, 9.17) is 9.97 Å². The van der Waals surface area contributed by atoms with E-state index in [1.54, 1.807) is 0 Å². The first kappa shape index (κ1) is 30.9. The first-order valence-corrected chi connectivity index (χ1v) is 16.8. The smallest absolute Gasteiger partial charge is 0.179 e. The molecule has 1 aromatic heterocycles. The third-order valence-electron chi connectivity index (χ3n) is 11.0. The molecule has 0 radical (unpaired) electrons. The predicted octanol–water partition coefficient (Wildman–Crippen LogP) is 11.2. The Kier molecular flexibility index (Phi) is 7.20. The molecule has 3 heterocycles. The zero-order valence-electron chi connectivity index (χ0n) is 29.4. The molecule has 7 rings (SSSR count). The van der Waals surface area contributed by atoms with Crippen molar-refractivity contribution < 1.29 is 0 Å². The Morgan fingerprint density at radius 2 is 1.13 bits per heavy atom. The van der Waals surface area contributed by atoms with Crippen LogP contribution in [0.3, 0.4) is 0 Å². The van der Waals surface area contributed by atoms with Gasteiger partial charge < -0.3 is 9.80 Å². The largest absolute Gasteiger partial charge is 0.301 e. The first-order chi connectivity index (χ1) is 22.4. The number of anilines is 4. The number of nitrogens with zero attached hydrogens (tertiary/aromatic N) is 4. The van der Waals surface area contributed by atoms with Gasteiger partial charge in [-0.1, -0.05) is 98.6 Å². The summed E-state index contributed by atoms with van der Waals surface area (Å²) in [4.78, 5) is 16.5. The van der Waals surface area contributed by atoms with Crippen molar-refractivity contribution in [2.45, 2.75) is 80.3 Å². The average molecular weight is 619 g/mol. The van der Waals surface area contributed by atoms with Crippen LogP contribution in [-0.4, -0.2) is 16.1 Å². The Hall–Kier alpha value is -4.70. The summed E-state index contributed by atoms with van der Waals surface area (Å²) in [6.45, 7) is 24.6. The van der Waals surface area contributed by atoms with Crippen molar-refractivity contribution in [3.8, 4) is 22.5 Å². The topological polar surface area (TPSA) is 32.3 Å². The van der Waals surface area contributed by atoms with Gasteiger partial charge in [-0.2, -0.15) is 0 Å². The van der Waals surface area contributed by atoms with Crippen LogP contribution in [0.4, 0.5) is 23.0 Å². The number of aryl methyl sites for hydroxylation is 6. The van der Waals surface area contributed by atoms with Gasteiger partial charge in [0.1, 0.15) is 6.17 Å². The van der Waals surface area contributed by atoms with Crippen molar-refractivity contribution in [3.63, 3.8) is 0 Å². The molecule has 2 aliphatic rings. The summed E-state index contributed by atoms with van der Waals surface area (Å²) in [5, 5.41) is 0. The normalized spacial score (nSPS) is 19.3. The molecule has 0 spiro atoms. The Balaban J connectivity index is 1.63. The van der Waals surface area contributed by atoms with Crippen LogP contribution < -0.4 is 9.80 Å². The quantitative estimate of drug-likeness (QED) is 0.183. The van der Waals surface area contributed by atoms with Crippen LogP contribution in [0.25, 0.3) is 22.5 Å². The Morgan fingerprint density at radius 3 is 1.64 bits per heavy atom. The van der Waals surface area contributed by atoms with Gasteiger partial charge in [0, 0.05) is 33.3 Å². The summed E-state index contributed by atoms with van der Waals surface area (Å²) in [6, 6.07) is 28.7. The fraction of sp³-hybridized carbons (Fsp3) is 0.302. The van der Waals surface area contributed by atoms with Crippen LogP contribution in [0.15, 0.2) is 91.5 Å². The lowest BCUT2D eigenvalue weighted by molar-refractivity contribution is 0.131. The number of para-hydroxylation sites is 2. The third kappa shape index (κ3) is 4.48. The van der Waals surface area contributed by atoms with Crippen molar-refractivity contribution in [1.82, 2.24) is 9.97 Å². The highest BCUT2D eigenvalue weighted by molar-refractivity contribution is 5.93. The number of allylic oxidation sites excluding steroid dienone is 1. The van der Waals surface area contributed by atoms with Crippen molar-refractivity contribution >= 4 is 23.0 Å². The van der Waals surface area contributed by atoms with Gasteiger partial charge in [-0.05, 0) is 94.0 Å². The number of aromatic nitrogens is 2. The highest BCUT2D eigenvalue weighted by Crippen LogP contribution is 2.63. The van der Waals surface area contributed by atoms with E-state index >= 15 is 0 Å². The summed E-state index contributed by atoms with van der Waals surface area (Å²) in [5.41, 5.74) is 14.8. The van der Waals surface area contributed by atoms with E-state index in [-0.39, 0.29) is 17.0 Å². The molecule has 0 fully saturated rings. The molecule has 0 amide bonds. The minimum atomic E-state index is -0.237. The van der Waals surface area contributed by atoms with E-state index in [0.717, 1.165) is 46.3 Å². The Morgan fingerprint density at radius 1 is 0.660 bits per heavy atom. The van der Waals surface area contributed by atoms with Crippen LogP contribution in [0.5, 0.6) is 0 Å². The minimum absolute atomic E-state index is 0.0664. The molecule has 4 aromatic carbocycles. The number of rotatable bonds is 5. The minimum Gasteiger partial charge on any atom is -0.301 e. The molecule has 4 nitrogen and oxygen atoms in total. The molecular weight excluding hydrogens is 573 g/mol. The van der Waals surface area contributed by atoms with Crippen LogP contribution in [0.2, 0.25) is 0 Å². The lowest BCUT2D eigenvalue weighted by Crippen LogP contribution is -2.61. The van der Waals surface area contributed by atoms with Crippen molar-refractivity contribution in [1.29, 1.82) is 0 Å². The van der Waals surface area contributed by atoms with Gasteiger partial charge in [0.2, 0.25) is 0 Å². The maximum atomic E-state index is 5.78. The number of fused-ring (bicyclic) bond motifs is 5. The second kappa shape index (κ2) is 10.9. The van der Waals surface area contributed by atoms with Gasteiger partial charge >= 0.3 is 0 Å². The van der Waals surface area contributed by atoms with Gasteiger partial charge in [0.05, 0.1) is 11.4 Å². The molecule has 0 aliphatic carbocycles. The van der Waals surface area contributed by atoms with E-state index < -0.39 is 0 Å². The van der Waals surface area contributed by atoms with Gasteiger partial charge in [0.15, 0.2) is 11.6 Å². The number of hydrogen-bond donors (Lipinski definition) is 0. The monoisotopic (exact) mass is 618 g/mol. The van der Waals surface area contributed by atoms with Crippen LogP contribution in [0.1, 0.15) is 66.1 Å². The maximum absolute atomic E-state index is 5.78. The molecule has 0 bridgehead atoms. The molecule has 4 heteroatoms. The predicted molar refractivity (Wildman–Crippen MR) is 198 cm³/mol. The molecule has 2 atom stereocenters. The van der Waals surface area contributed by atoms with E-state index in [0.29, 0.717) is 0 Å². The summed E-state index contributed by atoms with van der Waals surface area (Å²) in [7, 11) is 0. The fourth-order valence-electron chi connectivity index (χ4n) is 8.73. The van der Waals surface area contributed by atoms with E-state index in [9.17, 15) is 0 Å². The summed E-state index contributed by atoms with van der Waals surface area (Å²) in [5.74, 6) is 1.80. The Labute approximate surface area is 280 Å². The van der Waals surface area contributed by atoms with Crippen molar-refractivity contribution in [2.24, 2.45) is 5.41 Å². The molecule has 0 saturated heterocycles. The third-order valence-corrected chi connectivity index (χ3v) is 11.0. The molecule has 5 aromatic rings. The average Bonchev–Trinajstić information content (AvgIpc) is 3.35. The summed E-state index contributed by atoms with van der Waals surface area (Å²) in [6.07, 6.45) is 2.88. The van der Waals surface area contributed by atoms with Gasteiger partial charge in [-0.3, -0.25) is 0 Å². The molecule has 47 heavy (non-hydrogen) atoms. The molecule has 0 saturated carbocycles. The van der Waals surface area contributed by atoms with Crippen LogP contribution >= 0.6 is 0 Å². The SMILES string of the molecule is C=CCC1(C)c2ccccc2N2c3nc(-c4c(C)cc(C)cc4C)c(-c4c(C)cc(C)cc4C)nc3N(c3ccccc3)C2C1(C)C. The van der Waals surface area contributed by atoms with Gasteiger partial charge in [-0.25, -0.2) is 9.97 Å². The van der Waals surface area contributed by atoms with E-state index in [1.165, 1.54) is 44.6 Å². The Bertz CT molecular complexity index is 2010. The standard InChI is InChI=1S/C43H46N4/c1-11-21-43(10)33-19-15-16-20-34(33)47-40-39(46(41(47)42(43,8)9)32-17-13-12-14-18-32)44-37(35-28(4)22-26(2)23-29(35)5)38(45-40)36-30(6)24-27(3)25-31(36)7/h11-20,22-25,41H,1,21H2,2-10H3. The summed E-state index contributed by atoms with van der Waals surface area (Å²) >= 11 is 0. The van der Waals surface area contributed by atoms with Gasteiger partial charge in [-0.15, -0.1) is 6.58 Å². The van der Waals surface area contributed by atoms with Crippen LogP contribution in [-0.2, 0) is 5.41 Å². The highest BCUT2D eigenvalue weighted by Gasteiger charge is 2.60. The molecule has 0 N–H and O–H groups in total. The zero-order valence-corrected chi connectivity index (χ0v) is 29.4. The second-order valence-corrected chi connectivity index (χ2v) is 14.6. The molecule has 2 unspecified atom stereocenters. The lowest BCUT2D eigenvalue weighted by Gasteiger charge is -2.57. The first-order valence-electron chi connectivity index (χ1n) is 16.8. The molecule has 2 aliphatic heterocycles. The lowest BCUT2D eigenvalue weighted by atomic mass is 9.57. The number of benzene rings is 4. The molecular formula is C43H46N4.